The van der Waals surface area contributed by atoms with Gasteiger partial charge in [-0.15, -0.1) is 0 Å². The Morgan fingerprint density at radius 1 is 0.791 bits per heavy atom. The molecule has 224 valence electrons. The normalized spacial score (nSPS) is 24.7. The van der Waals surface area contributed by atoms with Gasteiger partial charge in [0.2, 0.25) is 15.8 Å². The van der Waals surface area contributed by atoms with E-state index in [1.54, 1.807) is 12.1 Å². The molecule has 7 rings (SSSR count). The van der Waals surface area contributed by atoms with Crippen LogP contribution < -0.4 is 9.47 Å². The summed E-state index contributed by atoms with van der Waals surface area (Å²) in [5.41, 5.74) is 2.09. The molecular weight excluding hydrogens is 586 g/mol. The topological polar surface area (TPSA) is 88.6 Å². The van der Waals surface area contributed by atoms with E-state index < -0.39 is 21.9 Å². The fourth-order valence-electron chi connectivity index (χ4n) is 6.31. The number of hydrogen-bond acceptors (Lipinski definition) is 6. The van der Waals surface area contributed by atoms with E-state index in [0.29, 0.717) is 23.6 Å². The molecule has 1 aliphatic carbocycles. The monoisotopic (exact) mass is 619 g/mol. The van der Waals surface area contributed by atoms with Crippen molar-refractivity contribution in [3.63, 3.8) is 0 Å². The zero-order valence-corrected chi connectivity index (χ0v) is 25.3. The summed E-state index contributed by atoms with van der Waals surface area (Å²) < 4.78 is 47.1. The van der Waals surface area contributed by atoms with Crippen LogP contribution in [0.3, 0.4) is 0 Å². The molecule has 2 saturated heterocycles. The molecule has 0 radical (unpaired) electrons. The Balaban J connectivity index is 1.07. The maximum Gasteiger partial charge on any atom is 0.243 e. The molecule has 0 bridgehead atoms. The summed E-state index contributed by atoms with van der Waals surface area (Å²) in [4.78, 5) is 0.191. The number of aliphatic hydroxyl groups is 1. The molecule has 7 nitrogen and oxygen atoms in total. The summed E-state index contributed by atoms with van der Waals surface area (Å²) in [6.07, 6.45) is 5.32. The van der Waals surface area contributed by atoms with Crippen LogP contribution in [0.15, 0.2) is 89.8 Å². The van der Waals surface area contributed by atoms with Crippen molar-refractivity contribution in [3.8, 4) is 22.6 Å². The minimum absolute atomic E-state index is 0.0910. The summed E-state index contributed by atoms with van der Waals surface area (Å²) in [6, 6.07) is 25.6. The van der Waals surface area contributed by atoms with Crippen molar-refractivity contribution in [3.05, 3.63) is 90.0 Å². The van der Waals surface area contributed by atoms with Gasteiger partial charge in [-0.25, -0.2) is 8.42 Å². The van der Waals surface area contributed by atoms with Crippen LogP contribution in [-0.2, 0) is 14.8 Å². The lowest BCUT2D eigenvalue weighted by Crippen LogP contribution is -2.55. The summed E-state index contributed by atoms with van der Waals surface area (Å²) in [5, 5.41) is 13.4. The summed E-state index contributed by atoms with van der Waals surface area (Å²) in [6.45, 7) is 0.298. The van der Waals surface area contributed by atoms with Crippen molar-refractivity contribution in [2.45, 2.75) is 67.5 Å². The third-order valence-electron chi connectivity index (χ3n) is 8.80. The van der Waals surface area contributed by atoms with Gasteiger partial charge in [-0.1, -0.05) is 48.0 Å². The minimum Gasteiger partial charge on any atom is -0.490 e. The highest BCUT2D eigenvalue weighted by molar-refractivity contribution is 7.89. The number of epoxide rings is 1. The lowest BCUT2D eigenvalue weighted by Gasteiger charge is -2.39. The lowest BCUT2D eigenvalue weighted by atomic mass is 9.97. The Bertz CT molecular complexity index is 1720. The Labute approximate surface area is 257 Å². The SMILES string of the molecule is O=S(=O)(c1ccc2cc(OC3CCCC3)ccc2c1)N1CC[C@H](Oc2ccc(-c3ccc(Cl)cc3)cc2)C[C@H]1C1(O)CO1. The van der Waals surface area contributed by atoms with Crippen molar-refractivity contribution in [2.24, 2.45) is 0 Å². The molecule has 0 spiro atoms. The van der Waals surface area contributed by atoms with E-state index in [4.69, 9.17) is 25.8 Å². The first-order valence-electron chi connectivity index (χ1n) is 14.9. The van der Waals surface area contributed by atoms with Crippen molar-refractivity contribution in [1.29, 1.82) is 0 Å². The van der Waals surface area contributed by atoms with Crippen LogP contribution >= 0.6 is 11.6 Å². The molecule has 3 fully saturated rings. The first-order valence-corrected chi connectivity index (χ1v) is 16.7. The predicted octanol–water partition coefficient (Wildman–Crippen LogP) is 6.80. The molecule has 3 aliphatic rings. The molecule has 1 unspecified atom stereocenters. The molecule has 1 N–H and O–H groups in total. The highest BCUT2D eigenvalue weighted by Gasteiger charge is 2.57. The van der Waals surface area contributed by atoms with E-state index in [0.717, 1.165) is 40.5 Å². The fourth-order valence-corrected chi connectivity index (χ4v) is 8.16. The van der Waals surface area contributed by atoms with Gasteiger partial charge < -0.3 is 19.3 Å². The van der Waals surface area contributed by atoms with Gasteiger partial charge in [-0.2, -0.15) is 4.31 Å². The smallest absolute Gasteiger partial charge is 0.243 e. The number of hydrogen-bond donors (Lipinski definition) is 1. The van der Waals surface area contributed by atoms with Crippen LogP contribution in [0.25, 0.3) is 21.9 Å². The maximum absolute atomic E-state index is 14.0. The Hall–Kier alpha value is -3.14. The molecule has 0 amide bonds. The van der Waals surface area contributed by atoms with Gasteiger partial charge in [0.1, 0.15) is 24.2 Å². The van der Waals surface area contributed by atoms with Crippen molar-refractivity contribution >= 4 is 32.4 Å². The first kappa shape index (κ1) is 28.6. The number of halogens is 1. The highest BCUT2D eigenvalue weighted by atomic mass is 35.5. The number of sulfonamides is 1. The quantitative estimate of drug-likeness (QED) is 0.218. The summed E-state index contributed by atoms with van der Waals surface area (Å²) in [7, 11) is -3.91. The second-order valence-electron chi connectivity index (χ2n) is 11.8. The van der Waals surface area contributed by atoms with Gasteiger partial charge in [-0.05, 0) is 103 Å². The Morgan fingerprint density at radius 3 is 2.09 bits per heavy atom. The van der Waals surface area contributed by atoms with Crippen LogP contribution in [0.2, 0.25) is 5.02 Å². The van der Waals surface area contributed by atoms with Crippen molar-refractivity contribution in [1.82, 2.24) is 4.31 Å². The van der Waals surface area contributed by atoms with Gasteiger partial charge in [0.15, 0.2) is 0 Å². The number of ether oxygens (including phenoxy) is 3. The van der Waals surface area contributed by atoms with Crippen molar-refractivity contribution in [2.75, 3.05) is 13.2 Å². The van der Waals surface area contributed by atoms with E-state index >= 15 is 0 Å². The Morgan fingerprint density at radius 2 is 1.40 bits per heavy atom. The fraction of sp³-hybridized carbons (Fsp3) is 0.353. The second-order valence-corrected chi connectivity index (χ2v) is 14.1. The molecule has 4 aromatic rings. The van der Waals surface area contributed by atoms with E-state index in [1.807, 2.05) is 72.8 Å². The third kappa shape index (κ3) is 5.99. The first-order chi connectivity index (χ1) is 20.8. The van der Waals surface area contributed by atoms with Gasteiger partial charge in [0.25, 0.3) is 0 Å². The van der Waals surface area contributed by atoms with E-state index in [-0.39, 0.29) is 30.3 Å². The zero-order valence-electron chi connectivity index (χ0n) is 23.7. The largest absolute Gasteiger partial charge is 0.490 e. The minimum atomic E-state index is -3.91. The van der Waals surface area contributed by atoms with Crippen molar-refractivity contribution < 1.29 is 27.7 Å². The lowest BCUT2D eigenvalue weighted by molar-refractivity contribution is -0.0523. The molecule has 2 aliphatic heterocycles. The van der Waals surface area contributed by atoms with E-state index in [2.05, 4.69) is 0 Å². The van der Waals surface area contributed by atoms with Gasteiger partial charge in [0, 0.05) is 18.0 Å². The number of benzene rings is 4. The number of fused-ring (bicyclic) bond motifs is 1. The Kier molecular flexibility index (Phi) is 7.60. The molecule has 4 aromatic carbocycles. The molecule has 1 saturated carbocycles. The van der Waals surface area contributed by atoms with Gasteiger partial charge in [0.05, 0.1) is 17.0 Å². The molecular formula is C34H34ClNO6S. The molecule has 2 heterocycles. The molecule has 43 heavy (non-hydrogen) atoms. The van der Waals surface area contributed by atoms with Crippen LogP contribution in [0.4, 0.5) is 0 Å². The zero-order chi connectivity index (χ0) is 29.6. The average molecular weight is 620 g/mol. The van der Waals surface area contributed by atoms with Crippen LogP contribution in [-0.4, -0.2) is 55.0 Å². The number of piperidine rings is 1. The molecule has 3 atom stereocenters. The van der Waals surface area contributed by atoms with E-state index in [9.17, 15) is 13.5 Å². The van der Waals surface area contributed by atoms with Crippen LogP contribution in [0.1, 0.15) is 38.5 Å². The standard InChI is InChI=1S/C34H34ClNO6S/c35-27-11-5-23(6-12-27)24-7-13-29(14-8-24)42-31-17-18-36(33(21-31)34(37)22-40-34)43(38,39)32-16-10-25-19-30(15-9-26(25)20-32)41-28-3-1-2-4-28/h5-16,19-20,28,31,33,37H,1-4,17-18,21-22H2/t31-,33-,34?/m0/s1. The average Bonchev–Trinajstić information content (AvgIpc) is 3.56. The van der Waals surface area contributed by atoms with E-state index in [1.165, 1.54) is 17.1 Å². The second kappa shape index (κ2) is 11.4. The molecule has 0 aromatic heterocycles. The van der Waals surface area contributed by atoms with Crippen LogP contribution in [0, 0.1) is 0 Å². The summed E-state index contributed by atoms with van der Waals surface area (Å²) >= 11 is 6.01. The van der Waals surface area contributed by atoms with Gasteiger partial charge in [-0.3, -0.25) is 0 Å². The predicted molar refractivity (Wildman–Crippen MR) is 166 cm³/mol. The number of rotatable bonds is 8. The molecule has 9 heteroatoms. The van der Waals surface area contributed by atoms with Gasteiger partial charge >= 0.3 is 0 Å². The highest BCUT2D eigenvalue weighted by Crippen LogP contribution is 2.40. The summed E-state index contributed by atoms with van der Waals surface area (Å²) in [5.74, 6) is -0.0196. The maximum atomic E-state index is 14.0. The van der Waals surface area contributed by atoms with Crippen LogP contribution in [0.5, 0.6) is 11.5 Å². The third-order valence-corrected chi connectivity index (χ3v) is 11.0. The number of nitrogens with zero attached hydrogens (tertiary/aromatic N) is 1.